The Bertz CT molecular complexity index is 817. The maximum Gasteiger partial charge on any atom is 0.230 e. The van der Waals surface area contributed by atoms with Crippen molar-refractivity contribution in [3.05, 3.63) is 53.1 Å². The first-order valence-electron chi connectivity index (χ1n) is 6.00. The van der Waals surface area contributed by atoms with Crippen LogP contribution in [0, 0.1) is 0 Å². The Hall–Kier alpha value is -2.18. The molecule has 0 radical (unpaired) electrons. The Morgan fingerprint density at radius 1 is 1.33 bits per heavy atom. The molecular formula is C13H9Cl2N5O. The van der Waals surface area contributed by atoms with Crippen LogP contribution in [0.15, 0.2) is 37.2 Å². The van der Waals surface area contributed by atoms with Gasteiger partial charge in [-0.2, -0.15) is 0 Å². The molecule has 3 heterocycles. The van der Waals surface area contributed by atoms with Gasteiger partial charge in [0.2, 0.25) is 5.91 Å². The summed E-state index contributed by atoms with van der Waals surface area (Å²) in [6.45, 7) is 0. The molecule has 8 heteroatoms. The topological polar surface area (TPSA) is 72.2 Å². The molecule has 0 aromatic carbocycles. The van der Waals surface area contributed by atoms with E-state index in [2.05, 4.69) is 20.3 Å². The standard InChI is InChI=1S/C13H9Cl2N5O/c14-8-1-2-20-7-18-9(11(20)3-8)4-12(21)19-10-5-16-6-17-13(10)15/h1-3,5-7H,4H2,(H,19,21). The monoisotopic (exact) mass is 321 g/mol. The van der Waals surface area contributed by atoms with E-state index in [1.165, 1.54) is 12.5 Å². The summed E-state index contributed by atoms with van der Waals surface area (Å²) in [5.74, 6) is -0.257. The second-order valence-corrected chi connectivity index (χ2v) is 5.08. The van der Waals surface area contributed by atoms with E-state index in [9.17, 15) is 4.79 Å². The number of pyridine rings is 1. The molecule has 0 spiro atoms. The molecule has 0 fully saturated rings. The number of nitrogens with one attached hydrogen (secondary N) is 1. The van der Waals surface area contributed by atoms with E-state index >= 15 is 0 Å². The van der Waals surface area contributed by atoms with Gasteiger partial charge in [-0.25, -0.2) is 15.0 Å². The number of imidazole rings is 1. The summed E-state index contributed by atoms with van der Waals surface area (Å²) in [6.07, 6.45) is 6.27. The normalized spacial score (nSPS) is 10.8. The molecule has 0 bridgehead atoms. The van der Waals surface area contributed by atoms with Crippen molar-refractivity contribution in [1.29, 1.82) is 0 Å². The third-order valence-corrected chi connectivity index (χ3v) is 3.38. The number of amides is 1. The van der Waals surface area contributed by atoms with Crippen molar-refractivity contribution < 1.29 is 4.79 Å². The number of fused-ring (bicyclic) bond motifs is 1. The summed E-state index contributed by atoms with van der Waals surface area (Å²) >= 11 is 11.8. The summed E-state index contributed by atoms with van der Waals surface area (Å²) in [4.78, 5) is 23.9. The van der Waals surface area contributed by atoms with Crippen molar-refractivity contribution in [3.8, 4) is 0 Å². The number of carbonyl (C=O) groups is 1. The Morgan fingerprint density at radius 2 is 2.19 bits per heavy atom. The number of halogens is 2. The highest BCUT2D eigenvalue weighted by molar-refractivity contribution is 6.32. The van der Waals surface area contributed by atoms with E-state index in [0.717, 1.165) is 5.52 Å². The number of aromatic nitrogens is 4. The van der Waals surface area contributed by atoms with Gasteiger partial charge in [0.25, 0.3) is 0 Å². The second-order valence-electron chi connectivity index (χ2n) is 4.28. The molecule has 21 heavy (non-hydrogen) atoms. The van der Waals surface area contributed by atoms with E-state index in [4.69, 9.17) is 23.2 Å². The molecule has 6 nitrogen and oxygen atoms in total. The fourth-order valence-electron chi connectivity index (χ4n) is 1.90. The zero-order chi connectivity index (χ0) is 14.8. The predicted octanol–water partition coefficient (Wildman–Crippen LogP) is 2.61. The predicted molar refractivity (Wildman–Crippen MR) is 79.6 cm³/mol. The molecule has 0 atom stereocenters. The van der Waals surface area contributed by atoms with Gasteiger partial charge in [0.1, 0.15) is 6.33 Å². The van der Waals surface area contributed by atoms with Gasteiger partial charge in [-0.3, -0.25) is 4.79 Å². The number of hydrogen-bond donors (Lipinski definition) is 1. The number of hydrogen-bond acceptors (Lipinski definition) is 4. The third kappa shape index (κ3) is 2.96. The molecule has 3 aromatic heterocycles. The molecule has 0 saturated carbocycles. The molecule has 0 unspecified atom stereocenters. The van der Waals surface area contributed by atoms with Crippen LogP contribution in [0.2, 0.25) is 10.2 Å². The first kappa shape index (κ1) is 13.8. The van der Waals surface area contributed by atoms with Crippen molar-refractivity contribution in [2.24, 2.45) is 0 Å². The summed E-state index contributed by atoms with van der Waals surface area (Å²) < 4.78 is 1.80. The molecule has 106 valence electrons. The lowest BCUT2D eigenvalue weighted by Crippen LogP contribution is -2.15. The van der Waals surface area contributed by atoms with E-state index in [1.54, 1.807) is 29.1 Å². The van der Waals surface area contributed by atoms with E-state index in [-0.39, 0.29) is 17.5 Å². The van der Waals surface area contributed by atoms with Crippen LogP contribution in [0.25, 0.3) is 5.52 Å². The average Bonchev–Trinajstić information content (AvgIpc) is 2.84. The minimum Gasteiger partial charge on any atom is -0.322 e. The molecular weight excluding hydrogens is 313 g/mol. The van der Waals surface area contributed by atoms with Crippen LogP contribution in [-0.2, 0) is 11.2 Å². The molecule has 0 aliphatic carbocycles. The van der Waals surface area contributed by atoms with Gasteiger partial charge in [0.05, 0.1) is 35.8 Å². The first-order chi connectivity index (χ1) is 10.1. The van der Waals surface area contributed by atoms with Crippen LogP contribution in [0.4, 0.5) is 5.69 Å². The van der Waals surface area contributed by atoms with Gasteiger partial charge < -0.3 is 9.72 Å². The maximum atomic E-state index is 12.1. The maximum absolute atomic E-state index is 12.1. The fourth-order valence-corrected chi connectivity index (χ4v) is 2.20. The summed E-state index contributed by atoms with van der Waals surface area (Å²) in [7, 11) is 0. The van der Waals surface area contributed by atoms with Gasteiger partial charge in [0, 0.05) is 11.2 Å². The highest BCUT2D eigenvalue weighted by atomic mass is 35.5. The van der Waals surface area contributed by atoms with Crippen LogP contribution in [0.3, 0.4) is 0 Å². The molecule has 1 amide bonds. The summed E-state index contributed by atoms with van der Waals surface area (Å²) in [5.41, 5.74) is 1.78. The Kier molecular flexibility index (Phi) is 3.72. The second kappa shape index (κ2) is 5.67. The molecule has 1 N–H and O–H groups in total. The SMILES string of the molecule is O=C(Cc1ncn2ccc(Cl)cc12)Nc1cncnc1Cl. The number of rotatable bonds is 3. The smallest absolute Gasteiger partial charge is 0.230 e. The minimum atomic E-state index is -0.257. The van der Waals surface area contributed by atoms with Crippen LogP contribution in [-0.4, -0.2) is 25.3 Å². The summed E-state index contributed by atoms with van der Waals surface area (Å²) in [5, 5.41) is 3.43. The van der Waals surface area contributed by atoms with Crippen LogP contribution < -0.4 is 5.32 Å². The largest absolute Gasteiger partial charge is 0.322 e. The Balaban J connectivity index is 1.80. The van der Waals surface area contributed by atoms with Gasteiger partial charge in [-0.1, -0.05) is 23.2 Å². The molecule has 3 aromatic rings. The van der Waals surface area contributed by atoms with Crippen molar-refractivity contribution in [2.45, 2.75) is 6.42 Å². The van der Waals surface area contributed by atoms with Gasteiger partial charge in [-0.05, 0) is 12.1 Å². The van der Waals surface area contributed by atoms with E-state index in [0.29, 0.717) is 16.4 Å². The minimum absolute atomic E-state index is 0.0993. The highest BCUT2D eigenvalue weighted by Crippen LogP contribution is 2.18. The van der Waals surface area contributed by atoms with Gasteiger partial charge in [-0.15, -0.1) is 0 Å². The zero-order valence-electron chi connectivity index (χ0n) is 10.6. The number of carbonyl (C=O) groups excluding carboxylic acids is 1. The lowest BCUT2D eigenvalue weighted by molar-refractivity contribution is -0.115. The Morgan fingerprint density at radius 3 is 3.00 bits per heavy atom. The van der Waals surface area contributed by atoms with Gasteiger partial charge in [0.15, 0.2) is 5.15 Å². The fraction of sp³-hybridized carbons (Fsp3) is 0.0769. The average molecular weight is 322 g/mol. The molecule has 0 saturated heterocycles. The number of anilines is 1. The van der Waals surface area contributed by atoms with E-state index < -0.39 is 0 Å². The lowest BCUT2D eigenvalue weighted by atomic mass is 10.2. The molecule has 3 rings (SSSR count). The van der Waals surface area contributed by atoms with Crippen molar-refractivity contribution in [3.63, 3.8) is 0 Å². The van der Waals surface area contributed by atoms with Crippen molar-refractivity contribution in [1.82, 2.24) is 19.4 Å². The van der Waals surface area contributed by atoms with Crippen LogP contribution in [0.5, 0.6) is 0 Å². The first-order valence-corrected chi connectivity index (χ1v) is 6.75. The quantitative estimate of drug-likeness (QED) is 0.753. The van der Waals surface area contributed by atoms with Crippen LogP contribution >= 0.6 is 23.2 Å². The zero-order valence-corrected chi connectivity index (χ0v) is 12.1. The highest BCUT2D eigenvalue weighted by Gasteiger charge is 2.12. The molecule has 0 aliphatic rings. The Labute approximate surface area is 129 Å². The lowest BCUT2D eigenvalue weighted by Gasteiger charge is -2.05. The summed E-state index contributed by atoms with van der Waals surface area (Å²) in [6, 6.07) is 3.51. The van der Waals surface area contributed by atoms with Gasteiger partial charge >= 0.3 is 0 Å². The van der Waals surface area contributed by atoms with Crippen molar-refractivity contribution in [2.75, 3.05) is 5.32 Å². The van der Waals surface area contributed by atoms with Crippen molar-refractivity contribution >= 4 is 40.3 Å². The van der Waals surface area contributed by atoms with E-state index in [1.807, 2.05) is 0 Å². The number of nitrogens with zero attached hydrogens (tertiary/aromatic N) is 4. The third-order valence-electron chi connectivity index (χ3n) is 2.85. The van der Waals surface area contributed by atoms with Crippen LogP contribution in [0.1, 0.15) is 5.69 Å². The molecule has 0 aliphatic heterocycles.